The largest absolute Gasteiger partial charge is 0.490 e. The molecule has 2 aromatic carbocycles. The smallest absolute Gasteiger partial charge is 0.271 e. The third-order valence-corrected chi connectivity index (χ3v) is 3.81. The van der Waals surface area contributed by atoms with Crippen LogP contribution in [0.15, 0.2) is 52.5 Å². The van der Waals surface area contributed by atoms with Crippen molar-refractivity contribution in [2.45, 2.75) is 20.0 Å². The molecule has 0 aliphatic rings. The third kappa shape index (κ3) is 5.66. The van der Waals surface area contributed by atoms with Crippen molar-refractivity contribution < 1.29 is 14.5 Å². The van der Waals surface area contributed by atoms with Gasteiger partial charge in [-0.15, -0.1) is 0 Å². The summed E-state index contributed by atoms with van der Waals surface area (Å²) in [4.78, 5) is 22.7. The SMILES string of the molecule is CC(C)Oc1ccc(Br)cc1/C=C(\C#N)C(=O)Nc1cccc([N+](=O)[O-])c1. The van der Waals surface area contributed by atoms with Crippen LogP contribution in [0.3, 0.4) is 0 Å². The summed E-state index contributed by atoms with van der Waals surface area (Å²) in [6.07, 6.45) is 1.33. The zero-order valence-electron chi connectivity index (χ0n) is 14.6. The minimum absolute atomic E-state index is 0.0810. The summed E-state index contributed by atoms with van der Waals surface area (Å²) in [6.45, 7) is 3.74. The minimum atomic E-state index is -0.673. The van der Waals surface area contributed by atoms with E-state index in [0.29, 0.717) is 11.3 Å². The van der Waals surface area contributed by atoms with Crippen molar-refractivity contribution in [3.05, 3.63) is 68.2 Å². The highest BCUT2D eigenvalue weighted by atomic mass is 79.9. The lowest BCUT2D eigenvalue weighted by Gasteiger charge is -2.13. The summed E-state index contributed by atoms with van der Waals surface area (Å²) in [5, 5.41) is 22.7. The van der Waals surface area contributed by atoms with Gasteiger partial charge in [0.25, 0.3) is 11.6 Å². The van der Waals surface area contributed by atoms with E-state index in [1.807, 2.05) is 19.9 Å². The normalized spacial score (nSPS) is 11.0. The van der Waals surface area contributed by atoms with Gasteiger partial charge in [-0.1, -0.05) is 22.0 Å². The van der Waals surface area contributed by atoms with Crippen LogP contribution in [0.5, 0.6) is 5.75 Å². The number of carbonyl (C=O) groups excluding carboxylic acids is 1. The maximum Gasteiger partial charge on any atom is 0.271 e. The lowest BCUT2D eigenvalue weighted by atomic mass is 10.1. The fraction of sp³-hybridized carbons (Fsp3) is 0.158. The molecule has 138 valence electrons. The summed E-state index contributed by atoms with van der Waals surface area (Å²) in [5.41, 5.74) is 0.468. The van der Waals surface area contributed by atoms with E-state index in [0.717, 1.165) is 4.47 Å². The molecular weight excluding hydrogens is 414 g/mol. The van der Waals surface area contributed by atoms with Crippen LogP contribution in [-0.2, 0) is 4.79 Å². The lowest BCUT2D eigenvalue weighted by Crippen LogP contribution is -2.13. The van der Waals surface area contributed by atoms with E-state index in [1.54, 1.807) is 18.2 Å². The molecule has 1 N–H and O–H groups in total. The summed E-state index contributed by atoms with van der Waals surface area (Å²) >= 11 is 3.35. The Bertz CT molecular complexity index is 948. The first-order chi connectivity index (χ1) is 12.8. The average molecular weight is 430 g/mol. The van der Waals surface area contributed by atoms with Crippen LogP contribution >= 0.6 is 15.9 Å². The number of nitrogens with zero attached hydrogens (tertiary/aromatic N) is 2. The second-order valence-corrected chi connectivity index (χ2v) is 6.70. The van der Waals surface area contributed by atoms with Crippen molar-refractivity contribution >= 4 is 39.3 Å². The number of carbonyl (C=O) groups is 1. The van der Waals surface area contributed by atoms with Crippen molar-refractivity contribution in [2.75, 3.05) is 5.32 Å². The maximum atomic E-state index is 12.4. The number of nitro groups is 1. The van der Waals surface area contributed by atoms with Gasteiger partial charge in [-0.05, 0) is 44.2 Å². The van der Waals surface area contributed by atoms with Crippen molar-refractivity contribution in [1.29, 1.82) is 5.26 Å². The fourth-order valence-electron chi connectivity index (χ4n) is 2.19. The van der Waals surface area contributed by atoms with Crippen molar-refractivity contribution in [3.8, 4) is 11.8 Å². The Hall–Kier alpha value is -3.18. The van der Waals surface area contributed by atoms with Gasteiger partial charge in [0.15, 0.2) is 0 Å². The molecule has 2 aromatic rings. The molecule has 0 aliphatic heterocycles. The van der Waals surface area contributed by atoms with Gasteiger partial charge in [0.05, 0.1) is 11.0 Å². The number of hydrogen-bond acceptors (Lipinski definition) is 5. The van der Waals surface area contributed by atoms with Gasteiger partial charge in [0, 0.05) is 27.9 Å². The molecule has 0 spiro atoms. The van der Waals surface area contributed by atoms with Gasteiger partial charge >= 0.3 is 0 Å². The van der Waals surface area contributed by atoms with Crippen LogP contribution in [0.25, 0.3) is 6.08 Å². The first kappa shape index (κ1) is 20.1. The van der Waals surface area contributed by atoms with Gasteiger partial charge in [0.2, 0.25) is 0 Å². The van der Waals surface area contributed by atoms with Crippen LogP contribution in [0.4, 0.5) is 11.4 Å². The van der Waals surface area contributed by atoms with Gasteiger partial charge in [-0.3, -0.25) is 14.9 Å². The fourth-order valence-corrected chi connectivity index (χ4v) is 2.57. The molecule has 1 amide bonds. The molecule has 0 aromatic heterocycles. The van der Waals surface area contributed by atoms with Crippen molar-refractivity contribution in [3.63, 3.8) is 0 Å². The molecular formula is C19H16BrN3O4. The number of ether oxygens (including phenoxy) is 1. The van der Waals surface area contributed by atoms with Gasteiger partial charge in [-0.25, -0.2) is 0 Å². The number of nitrogens with one attached hydrogen (secondary N) is 1. The third-order valence-electron chi connectivity index (χ3n) is 3.31. The first-order valence-electron chi connectivity index (χ1n) is 7.94. The first-order valence-corrected chi connectivity index (χ1v) is 8.73. The van der Waals surface area contributed by atoms with E-state index >= 15 is 0 Å². The van der Waals surface area contributed by atoms with Gasteiger partial charge < -0.3 is 10.1 Å². The van der Waals surface area contributed by atoms with Crippen LogP contribution in [0.2, 0.25) is 0 Å². The molecule has 0 heterocycles. The van der Waals surface area contributed by atoms with E-state index in [2.05, 4.69) is 21.2 Å². The zero-order valence-corrected chi connectivity index (χ0v) is 16.2. The quantitative estimate of drug-likeness (QED) is 0.310. The van der Waals surface area contributed by atoms with E-state index in [4.69, 9.17) is 4.74 Å². The summed E-state index contributed by atoms with van der Waals surface area (Å²) in [5.74, 6) is -0.141. The molecule has 0 bridgehead atoms. The summed E-state index contributed by atoms with van der Waals surface area (Å²) in [7, 11) is 0. The Labute approximate surface area is 164 Å². The standard InChI is InChI=1S/C19H16BrN3O4/c1-12(2)27-18-7-6-15(20)9-13(18)8-14(11-21)19(24)22-16-4-3-5-17(10-16)23(25)26/h3-10,12H,1-2H3,(H,22,24)/b14-8+. The second kappa shape index (κ2) is 8.96. The second-order valence-electron chi connectivity index (χ2n) is 5.78. The predicted molar refractivity (Wildman–Crippen MR) is 105 cm³/mol. The van der Waals surface area contributed by atoms with E-state index in [9.17, 15) is 20.2 Å². The van der Waals surface area contributed by atoms with Crippen LogP contribution in [-0.4, -0.2) is 16.9 Å². The lowest BCUT2D eigenvalue weighted by molar-refractivity contribution is -0.384. The number of nitro benzene ring substituents is 1. The highest BCUT2D eigenvalue weighted by Gasteiger charge is 2.14. The van der Waals surface area contributed by atoms with Gasteiger partial charge in [0.1, 0.15) is 17.4 Å². The van der Waals surface area contributed by atoms with Crippen LogP contribution in [0, 0.1) is 21.4 Å². The van der Waals surface area contributed by atoms with Crippen LogP contribution in [0.1, 0.15) is 19.4 Å². The number of benzene rings is 2. The molecule has 0 radical (unpaired) electrons. The highest BCUT2D eigenvalue weighted by molar-refractivity contribution is 9.10. The molecule has 7 nitrogen and oxygen atoms in total. The molecule has 2 rings (SSSR count). The van der Waals surface area contributed by atoms with E-state index < -0.39 is 10.8 Å². The number of hydrogen-bond donors (Lipinski definition) is 1. The Morgan fingerprint density at radius 3 is 2.70 bits per heavy atom. The molecule has 0 fully saturated rings. The molecule has 0 atom stereocenters. The van der Waals surface area contributed by atoms with E-state index in [-0.39, 0.29) is 23.1 Å². The molecule has 0 saturated heterocycles. The van der Waals surface area contributed by atoms with Crippen molar-refractivity contribution in [1.82, 2.24) is 0 Å². The van der Waals surface area contributed by atoms with E-state index in [1.165, 1.54) is 30.3 Å². The monoisotopic (exact) mass is 429 g/mol. The Morgan fingerprint density at radius 1 is 1.33 bits per heavy atom. The topological polar surface area (TPSA) is 105 Å². The summed E-state index contributed by atoms with van der Waals surface area (Å²) < 4.78 is 6.47. The molecule has 0 unspecified atom stereocenters. The highest BCUT2D eigenvalue weighted by Crippen LogP contribution is 2.27. The zero-order chi connectivity index (χ0) is 20.0. The number of nitriles is 1. The van der Waals surface area contributed by atoms with Gasteiger partial charge in [-0.2, -0.15) is 5.26 Å². The van der Waals surface area contributed by atoms with Crippen molar-refractivity contribution in [2.24, 2.45) is 0 Å². The minimum Gasteiger partial charge on any atom is -0.490 e. The number of rotatable bonds is 6. The molecule has 27 heavy (non-hydrogen) atoms. The Morgan fingerprint density at radius 2 is 2.07 bits per heavy atom. The average Bonchev–Trinajstić information content (AvgIpc) is 2.61. The Balaban J connectivity index is 2.32. The maximum absolute atomic E-state index is 12.4. The molecule has 8 heteroatoms. The molecule has 0 saturated carbocycles. The predicted octanol–water partition coefficient (Wildman–Crippen LogP) is 4.69. The number of non-ortho nitro benzene ring substituents is 1. The number of anilines is 1. The summed E-state index contributed by atoms with van der Waals surface area (Å²) in [6, 6.07) is 12.6. The number of halogens is 1. The number of amides is 1. The molecule has 0 aliphatic carbocycles. The van der Waals surface area contributed by atoms with Crippen LogP contribution < -0.4 is 10.1 Å². The Kier molecular flexibility index (Phi) is 6.68.